The van der Waals surface area contributed by atoms with Gasteiger partial charge in [0.05, 0.1) is 11.5 Å². The Morgan fingerprint density at radius 1 is 1.14 bits per heavy atom. The van der Waals surface area contributed by atoms with E-state index in [2.05, 4.69) is 5.32 Å². The molecule has 6 nitrogen and oxygen atoms in total. The van der Waals surface area contributed by atoms with E-state index in [9.17, 15) is 18.8 Å². The first-order valence-electron chi connectivity index (χ1n) is 8.94. The van der Waals surface area contributed by atoms with Gasteiger partial charge >= 0.3 is 5.97 Å². The Labute approximate surface area is 165 Å². The minimum atomic E-state index is -0.827. The average Bonchev–Trinajstić information content (AvgIpc) is 3.31. The van der Waals surface area contributed by atoms with Crippen LogP contribution in [0.3, 0.4) is 0 Å². The smallest absolute Gasteiger partial charge is 0.374 e. The number of esters is 1. The van der Waals surface area contributed by atoms with Crippen LogP contribution in [0.5, 0.6) is 0 Å². The lowest BCUT2D eigenvalue weighted by molar-refractivity contribution is -0.116. The summed E-state index contributed by atoms with van der Waals surface area (Å²) in [7, 11) is 0. The van der Waals surface area contributed by atoms with Crippen molar-refractivity contribution in [1.29, 1.82) is 0 Å². The molecule has 0 aliphatic carbocycles. The molecule has 2 heterocycles. The Bertz CT molecular complexity index is 1130. The molecular formula is C22H16FNO5. The fourth-order valence-electron chi connectivity index (χ4n) is 3.13. The Kier molecular flexibility index (Phi) is 4.72. The Morgan fingerprint density at radius 2 is 1.93 bits per heavy atom. The predicted molar refractivity (Wildman–Crippen MR) is 102 cm³/mol. The van der Waals surface area contributed by atoms with Gasteiger partial charge in [-0.3, -0.25) is 9.59 Å². The second-order valence-electron chi connectivity index (χ2n) is 6.66. The number of Topliss-reactive ketones (excluding diaryl/α,β-unsaturated/α-hetero) is 1. The SMILES string of the molecule is C[C@H]1C(=O)Nc2ccc(C(=O)COC(=O)c3ccc(-c4ccccc4F)o3)cc21. The fraction of sp³-hybridized carbons (Fsp3) is 0.136. The molecule has 0 bridgehead atoms. The predicted octanol–water partition coefficient (Wildman–Crippen LogP) is 4.18. The molecule has 1 atom stereocenters. The number of nitrogens with one attached hydrogen (secondary N) is 1. The van der Waals surface area contributed by atoms with E-state index in [1.165, 1.54) is 24.3 Å². The van der Waals surface area contributed by atoms with Gasteiger partial charge in [-0.2, -0.15) is 0 Å². The summed E-state index contributed by atoms with van der Waals surface area (Å²) in [5.74, 6) is -2.13. The van der Waals surface area contributed by atoms with Gasteiger partial charge in [0.25, 0.3) is 0 Å². The van der Waals surface area contributed by atoms with Crippen molar-refractivity contribution < 1.29 is 27.9 Å². The van der Waals surface area contributed by atoms with Gasteiger partial charge in [-0.25, -0.2) is 9.18 Å². The summed E-state index contributed by atoms with van der Waals surface area (Å²) < 4.78 is 24.2. The van der Waals surface area contributed by atoms with Crippen LogP contribution in [-0.2, 0) is 9.53 Å². The molecular weight excluding hydrogens is 377 g/mol. The number of amides is 1. The number of halogens is 1. The van der Waals surface area contributed by atoms with Crippen molar-refractivity contribution in [2.75, 3.05) is 11.9 Å². The van der Waals surface area contributed by atoms with Gasteiger partial charge in [0, 0.05) is 11.3 Å². The standard InChI is InChI=1S/C22H16FNO5/c1-12-15-10-13(6-7-17(15)24-21(12)26)18(25)11-28-22(27)20-9-8-19(29-20)14-4-2-3-5-16(14)23/h2-10,12H,11H2,1H3,(H,24,26)/t12-/m1/s1. The summed E-state index contributed by atoms with van der Waals surface area (Å²) in [5.41, 5.74) is 1.96. The van der Waals surface area contributed by atoms with Gasteiger partial charge in [-0.15, -0.1) is 0 Å². The highest BCUT2D eigenvalue weighted by Crippen LogP contribution is 2.32. The first-order valence-corrected chi connectivity index (χ1v) is 8.94. The van der Waals surface area contributed by atoms with Gasteiger partial charge in [-0.05, 0) is 55.0 Å². The van der Waals surface area contributed by atoms with Crippen molar-refractivity contribution in [2.24, 2.45) is 0 Å². The van der Waals surface area contributed by atoms with Crippen LogP contribution in [-0.4, -0.2) is 24.3 Å². The number of carbonyl (C=O) groups is 3. The number of ether oxygens (including phenoxy) is 1. The van der Waals surface area contributed by atoms with Crippen LogP contribution >= 0.6 is 0 Å². The maximum absolute atomic E-state index is 13.8. The molecule has 1 aliphatic heterocycles. The van der Waals surface area contributed by atoms with Crippen molar-refractivity contribution in [3.63, 3.8) is 0 Å². The molecule has 0 unspecified atom stereocenters. The van der Waals surface area contributed by atoms with Gasteiger partial charge < -0.3 is 14.5 Å². The lowest BCUT2D eigenvalue weighted by atomic mass is 9.99. The molecule has 4 rings (SSSR count). The van der Waals surface area contributed by atoms with E-state index in [1.54, 1.807) is 37.3 Å². The van der Waals surface area contributed by atoms with E-state index in [1.807, 2.05) is 0 Å². The normalized spacial score (nSPS) is 15.0. The highest BCUT2D eigenvalue weighted by atomic mass is 19.1. The molecule has 1 N–H and O–H groups in total. The van der Waals surface area contributed by atoms with Crippen LogP contribution in [0, 0.1) is 5.82 Å². The highest BCUT2D eigenvalue weighted by molar-refractivity contribution is 6.05. The molecule has 146 valence electrons. The highest BCUT2D eigenvalue weighted by Gasteiger charge is 2.27. The molecule has 1 aliphatic rings. The summed E-state index contributed by atoms with van der Waals surface area (Å²) in [5, 5.41) is 2.73. The Balaban J connectivity index is 1.42. The molecule has 0 spiro atoms. The van der Waals surface area contributed by atoms with E-state index in [-0.39, 0.29) is 28.9 Å². The number of fused-ring (bicyclic) bond motifs is 1. The summed E-state index contributed by atoms with van der Waals surface area (Å²) in [6.45, 7) is 1.27. The second kappa shape index (κ2) is 7.35. The monoisotopic (exact) mass is 393 g/mol. The molecule has 0 saturated heterocycles. The molecule has 0 radical (unpaired) electrons. The quantitative estimate of drug-likeness (QED) is 0.519. The second-order valence-corrected chi connectivity index (χ2v) is 6.66. The molecule has 0 saturated carbocycles. The zero-order chi connectivity index (χ0) is 20.5. The zero-order valence-electron chi connectivity index (χ0n) is 15.4. The third kappa shape index (κ3) is 3.54. The molecule has 29 heavy (non-hydrogen) atoms. The van der Waals surface area contributed by atoms with Gasteiger partial charge in [0.2, 0.25) is 11.7 Å². The van der Waals surface area contributed by atoms with Crippen LogP contribution < -0.4 is 5.32 Å². The summed E-state index contributed by atoms with van der Waals surface area (Å²) >= 11 is 0. The Hall–Kier alpha value is -3.74. The number of ketones is 1. The van der Waals surface area contributed by atoms with Gasteiger partial charge in [0.15, 0.2) is 12.4 Å². The maximum atomic E-state index is 13.8. The van der Waals surface area contributed by atoms with E-state index >= 15 is 0 Å². The Morgan fingerprint density at radius 3 is 2.72 bits per heavy atom. The largest absolute Gasteiger partial charge is 0.451 e. The summed E-state index contributed by atoms with van der Waals surface area (Å²) in [4.78, 5) is 36.3. The molecule has 2 aromatic carbocycles. The van der Waals surface area contributed by atoms with Crippen molar-refractivity contribution in [2.45, 2.75) is 12.8 Å². The van der Waals surface area contributed by atoms with Crippen molar-refractivity contribution in [3.8, 4) is 11.3 Å². The van der Waals surface area contributed by atoms with Crippen LogP contribution in [0.1, 0.15) is 39.3 Å². The maximum Gasteiger partial charge on any atom is 0.374 e. The van der Waals surface area contributed by atoms with Crippen molar-refractivity contribution in [1.82, 2.24) is 0 Å². The number of hydrogen-bond acceptors (Lipinski definition) is 5. The number of anilines is 1. The summed E-state index contributed by atoms with van der Waals surface area (Å²) in [6, 6.07) is 13.7. The van der Waals surface area contributed by atoms with Crippen LogP contribution in [0.2, 0.25) is 0 Å². The van der Waals surface area contributed by atoms with E-state index in [0.717, 1.165) is 5.56 Å². The lowest BCUT2D eigenvalue weighted by Gasteiger charge is -2.06. The van der Waals surface area contributed by atoms with Crippen molar-refractivity contribution in [3.05, 3.63) is 77.3 Å². The summed E-state index contributed by atoms with van der Waals surface area (Å²) in [6.07, 6.45) is 0. The number of benzene rings is 2. The minimum Gasteiger partial charge on any atom is -0.451 e. The number of furan rings is 1. The third-order valence-electron chi connectivity index (χ3n) is 4.77. The van der Waals surface area contributed by atoms with Crippen LogP contribution in [0.4, 0.5) is 10.1 Å². The van der Waals surface area contributed by atoms with Crippen molar-refractivity contribution >= 4 is 23.3 Å². The minimum absolute atomic E-state index is 0.125. The van der Waals surface area contributed by atoms with E-state index in [0.29, 0.717) is 11.3 Å². The number of rotatable bonds is 5. The number of hydrogen-bond donors (Lipinski definition) is 1. The lowest BCUT2D eigenvalue weighted by Crippen LogP contribution is -2.14. The molecule has 7 heteroatoms. The van der Waals surface area contributed by atoms with Gasteiger partial charge in [0.1, 0.15) is 11.6 Å². The van der Waals surface area contributed by atoms with E-state index < -0.39 is 24.2 Å². The number of carbonyl (C=O) groups excluding carboxylic acids is 3. The fourth-order valence-corrected chi connectivity index (χ4v) is 3.13. The molecule has 1 amide bonds. The zero-order valence-corrected chi connectivity index (χ0v) is 15.4. The van der Waals surface area contributed by atoms with Gasteiger partial charge in [-0.1, -0.05) is 12.1 Å². The third-order valence-corrected chi connectivity index (χ3v) is 4.77. The molecule has 0 fully saturated rings. The topological polar surface area (TPSA) is 85.6 Å². The van der Waals surface area contributed by atoms with Crippen LogP contribution in [0.25, 0.3) is 11.3 Å². The molecule has 1 aromatic heterocycles. The first-order chi connectivity index (χ1) is 13.9. The molecule has 3 aromatic rings. The van der Waals surface area contributed by atoms with E-state index in [4.69, 9.17) is 9.15 Å². The first kappa shape index (κ1) is 18.6. The van der Waals surface area contributed by atoms with Crippen LogP contribution in [0.15, 0.2) is 59.0 Å². The average molecular weight is 393 g/mol.